The zero-order chi connectivity index (χ0) is 10.7. The van der Waals surface area contributed by atoms with Gasteiger partial charge in [-0.05, 0) is 18.6 Å². The minimum Gasteiger partial charge on any atom is -0.489 e. The van der Waals surface area contributed by atoms with Gasteiger partial charge in [0, 0.05) is 12.7 Å². The third kappa shape index (κ3) is 2.03. The van der Waals surface area contributed by atoms with Gasteiger partial charge in [-0.2, -0.15) is 5.26 Å². The minimum absolute atomic E-state index is 0.145. The summed E-state index contributed by atoms with van der Waals surface area (Å²) in [6.45, 7) is 0.676. The summed E-state index contributed by atoms with van der Waals surface area (Å²) < 4.78 is 5.51. The van der Waals surface area contributed by atoms with Crippen LogP contribution in [0.2, 0.25) is 0 Å². The molecule has 1 unspecified atom stereocenters. The molecular formula is C11H12N2O2. The molecule has 0 aliphatic carbocycles. The van der Waals surface area contributed by atoms with E-state index in [-0.39, 0.29) is 12.6 Å². The number of benzene rings is 1. The number of rotatable bonds is 2. The number of nitrogens with one attached hydrogen (secondary N) is 1. The Labute approximate surface area is 88.1 Å². The van der Waals surface area contributed by atoms with Gasteiger partial charge in [0.25, 0.3) is 0 Å². The Bertz CT molecular complexity index is 398. The Hall–Kier alpha value is -1.73. The van der Waals surface area contributed by atoms with Crippen molar-refractivity contribution in [3.05, 3.63) is 23.8 Å². The van der Waals surface area contributed by atoms with Crippen molar-refractivity contribution in [1.82, 2.24) is 0 Å². The molecule has 4 heteroatoms. The predicted octanol–water partition coefficient (Wildman–Crippen LogP) is 1.11. The first-order valence-corrected chi connectivity index (χ1v) is 4.88. The van der Waals surface area contributed by atoms with Crippen LogP contribution in [0.1, 0.15) is 12.0 Å². The Morgan fingerprint density at radius 2 is 2.47 bits per heavy atom. The Morgan fingerprint density at radius 3 is 3.20 bits per heavy atom. The second kappa shape index (κ2) is 4.20. The van der Waals surface area contributed by atoms with Crippen molar-refractivity contribution in [2.24, 2.45) is 0 Å². The highest BCUT2D eigenvalue weighted by molar-refractivity contribution is 5.61. The summed E-state index contributed by atoms with van der Waals surface area (Å²) in [7, 11) is 0. The number of aliphatic hydroxyl groups is 1. The molecule has 0 spiro atoms. The number of anilines is 1. The fourth-order valence-corrected chi connectivity index (χ4v) is 1.59. The van der Waals surface area contributed by atoms with Gasteiger partial charge in [0.2, 0.25) is 0 Å². The van der Waals surface area contributed by atoms with E-state index >= 15 is 0 Å². The molecule has 1 atom stereocenters. The lowest BCUT2D eigenvalue weighted by Gasteiger charge is -2.27. The van der Waals surface area contributed by atoms with Gasteiger partial charge in [0.15, 0.2) is 0 Å². The highest BCUT2D eigenvalue weighted by Gasteiger charge is 2.18. The maximum absolute atomic E-state index is 8.81. The highest BCUT2D eigenvalue weighted by Crippen LogP contribution is 2.30. The maximum Gasteiger partial charge on any atom is 0.143 e. The second-order valence-corrected chi connectivity index (χ2v) is 3.49. The topological polar surface area (TPSA) is 65.3 Å². The molecule has 0 saturated heterocycles. The summed E-state index contributed by atoms with van der Waals surface area (Å²) in [5.74, 6) is 0.711. The summed E-state index contributed by atoms with van der Waals surface area (Å²) in [4.78, 5) is 0. The predicted molar refractivity (Wildman–Crippen MR) is 55.8 cm³/mol. The van der Waals surface area contributed by atoms with E-state index in [0.717, 1.165) is 5.69 Å². The fourth-order valence-electron chi connectivity index (χ4n) is 1.59. The monoisotopic (exact) mass is 204 g/mol. The molecule has 1 aliphatic heterocycles. The lowest BCUT2D eigenvalue weighted by molar-refractivity contribution is 0.233. The SMILES string of the molecule is N#Cc1ccc2c(c1)OCC(CCO)N2. The van der Waals surface area contributed by atoms with Crippen molar-refractivity contribution in [2.75, 3.05) is 18.5 Å². The Balaban J connectivity index is 2.18. The van der Waals surface area contributed by atoms with Gasteiger partial charge in [-0.3, -0.25) is 0 Å². The molecule has 1 heterocycles. The summed E-state index contributed by atoms with van der Waals surface area (Å²) in [5, 5.41) is 20.8. The van der Waals surface area contributed by atoms with Crippen LogP contribution in [0, 0.1) is 11.3 Å². The van der Waals surface area contributed by atoms with Crippen LogP contribution in [0.15, 0.2) is 18.2 Å². The smallest absolute Gasteiger partial charge is 0.143 e. The van der Waals surface area contributed by atoms with Crippen molar-refractivity contribution in [3.8, 4) is 11.8 Å². The average Bonchev–Trinajstić information content (AvgIpc) is 2.29. The molecule has 4 nitrogen and oxygen atoms in total. The normalized spacial score (nSPS) is 18.3. The molecule has 2 N–H and O–H groups in total. The number of aliphatic hydroxyl groups excluding tert-OH is 1. The number of hydrogen-bond acceptors (Lipinski definition) is 4. The van der Waals surface area contributed by atoms with E-state index in [9.17, 15) is 0 Å². The first-order chi connectivity index (χ1) is 7.33. The van der Waals surface area contributed by atoms with Crippen molar-refractivity contribution in [3.63, 3.8) is 0 Å². The van der Waals surface area contributed by atoms with E-state index in [1.807, 2.05) is 6.07 Å². The Morgan fingerprint density at radius 1 is 1.60 bits per heavy atom. The first kappa shape index (κ1) is 9.81. The van der Waals surface area contributed by atoms with Gasteiger partial charge in [-0.25, -0.2) is 0 Å². The van der Waals surface area contributed by atoms with E-state index < -0.39 is 0 Å². The standard InChI is InChI=1S/C11H12N2O2/c12-6-8-1-2-10-11(5-8)15-7-9(13-10)3-4-14/h1-2,5,9,13-14H,3-4,7H2. The minimum atomic E-state index is 0.145. The van der Waals surface area contributed by atoms with Crippen LogP contribution in [0.4, 0.5) is 5.69 Å². The molecule has 0 radical (unpaired) electrons. The van der Waals surface area contributed by atoms with Crippen molar-refractivity contribution in [2.45, 2.75) is 12.5 Å². The lowest BCUT2D eigenvalue weighted by Crippen LogP contribution is -2.32. The molecular weight excluding hydrogens is 192 g/mol. The molecule has 1 aromatic rings. The maximum atomic E-state index is 8.81. The molecule has 0 fully saturated rings. The molecule has 15 heavy (non-hydrogen) atoms. The summed E-state index contributed by atoms with van der Waals surface area (Å²) in [6.07, 6.45) is 0.666. The first-order valence-electron chi connectivity index (χ1n) is 4.88. The van der Waals surface area contributed by atoms with Crippen LogP contribution in [0.5, 0.6) is 5.75 Å². The zero-order valence-corrected chi connectivity index (χ0v) is 8.23. The van der Waals surface area contributed by atoms with Crippen LogP contribution in [0.25, 0.3) is 0 Å². The molecule has 0 aromatic heterocycles. The van der Waals surface area contributed by atoms with Crippen molar-refractivity contribution >= 4 is 5.69 Å². The van der Waals surface area contributed by atoms with Crippen LogP contribution >= 0.6 is 0 Å². The largest absolute Gasteiger partial charge is 0.489 e. The van der Waals surface area contributed by atoms with Gasteiger partial charge in [0.1, 0.15) is 12.4 Å². The second-order valence-electron chi connectivity index (χ2n) is 3.49. The number of hydrogen-bond donors (Lipinski definition) is 2. The van der Waals surface area contributed by atoms with E-state index in [0.29, 0.717) is 24.3 Å². The van der Waals surface area contributed by atoms with Gasteiger partial charge in [0.05, 0.1) is 23.4 Å². The third-order valence-corrected chi connectivity index (χ3v) is 2.39. The van der Waals surface area contributed by atoms with Crippen LogP contribution < -0.4 is 10.1 Å². The molecule has 0 bridgehead atoms. The van der Waals surface area contributed by atoms with E-state index in [4.69, 9.17) is 15.1 Å². The molecule has 1 aliphatic rings. The molecule has 0 amide bonds. The molecule has 2 rings (SSSR count). The number of fused-ring (bicyclic) bond motifs is 1. The number of nitrogens with zero attached hydrogens (tertiary/aromatic N) is 1. The number of nitriles is 1. The zero-order valence-electron chi connectivity index (χ0n) is 8.23. The quantitative estimate of drug-likeness (QED) is 0.757. The summed E-state index contributed by atoms with van der Waals surface area (Å²) in [5.41, 5.74) is 1.48. The Kier molecular flexibility index (Phi) is 2.75. The van der Waals surface area contributed by atoms with Gasteiger partial charge >= 0.3 is 0 Å². The lowest BCUT2D eigenvalue weighted by atomic mass is 10.1. The van der Waals surface area contributed by atoms with E-state index in [2.05, 4.69) is 11.4 Å². The molecule has 78 valence electrons. The summed E-state index contributed by atoms with van der Waals surface area (Å²) in [6, 6.07) is 7.51. The van der Waals surface area contributed by atoms with E-state index in [1.165, 1.54) is 0 Å². The van der Waals surface area contributed by atoms with Gasteiger partial charge in [-0.15, -0.1) is 0 Å². The van der Waals surface area contributed by atoms with E-state index in [1.54, 1.807) is 12.1 Å². The highest BCUT2D eigenvalue weighted by atomic mass is 16.5. The molecule has 0 saturated carbocycles. The van der Waals surface area contributed by atoms with Gasteiger partial charge < -0.3 is 15.2 Å². The number of ether oxygens (including phenoxy) is 1. The van der Waals surface area contributed by atoms with Crippen LogP contribution in [-0.4, -0.2) is 24.4 Å². The molecule has 1 aromatic carbocycles. The fraction of sp³-hybridized carbons (Fsp3) is 0.364. The van der Waals surface area contributed by atoms with Crippen LogP contribution in [0.3, 0.4) is 0 Å². The third-order valence-electron chi connectivity index (χ3n) is 2.39. The van der Waals surface area contributed by atoms with Crippen molar-refractivity contribution in [1.29, 1.82) is 5.26 Å². The average molecular weight is 204 g/mol. The van der Waals surface area contributed by atoms with Gasteiger partial charge in [-0.1, -0.05) is 0 Å². The van der Waals surface area contributed by atoms with Crippen LogP contribution in [-0.2, 0) is 0 Å². The van der Waals surface area contributed by atoms with Crippen molar-refractivity contribution < 1.29 is 9.84 Å². The summed E-state index contributed by atoms with van der Waals surface area (Å²) >= 11 is 0.